The van der Waals surface area contributed by atoms with Gasteiger partial charge in [-0.05, 0) is 18.6 Å². The number of hydrogen-bond donors (Lipinski definition) is 2. The summed E-state index contributed by atoms with van der Waals surface area (Å²) in [5.74, 6) is 0. The van der Waals surface area contributed by atoms with Crippen molar-refractivity contribution in [3.63, 3.8) is 0 Å². The highest BCUT2D eigenvalue weighted by molar-refractivity contribution is 7.92. The highest BCUT2D eigenvalue weighted by Crippen LogP contribution is 2.17. The lowest BCUT2D eigenvalue weighted by atomic mass is 10.1. The minimum absolute atomic E-state index is 0.111. The van der Waals surface area contributed by atoms with Crippen molar-refractivity contribution in [2.24, 2.45) is 5.73 Å². The molecule has 17 heavy (non-hydrogen) atoms. The molecule has 0 radical (unpaired) electrons. The lowest BCUT2D eigenvalue weighted by molar-refractivity contribution is 0.210. The van der Waals surface area contributed by atoms with E-state index in [4.69, 9.17) is 5.73 Å². The van der Waals surface area contributed by atoms with Gasteiger partial charge in [-0.3, -0.25) is 0 Å². The predicted octanol–water partition coefficient (Wildman–Crippen LogP) is 1.30. The van der Waals surface area contributed by atoms with Crippen LogP contribution in [0.15, 0.2) is 35.2 Å². The Labute approximate surface area is 102 Å². The molecule has 2 atom stereocenters. The molecule has 96 valence electrons. The van der Waals surface area contributed by atoms with Crippen LogP contribution in [-0.4, -0.2) is 25.0 Å². The molecular weight excluding hydrogens is 238 g/mol. The average Bonchev–Trinajstić information content (AvgIpc) is 2.36. The van der Waals surface area contributed by atoms with E-state index in [0.29, 0.717) is 6.42 Å². The topological polar surface area (TPSA) is 80.4 Å². The Bertz CT molecular complexity index is 430. The van der Waals surface area contributed by atoms with Crippen LogP contribution in [0, 0.1) is 0 Å². The Balaban J connectivity index is 2.84. The zero-order chi connectivity index (χ0) is 12.9. The van der Waals surface area contributed by atoms with Crippen LogP contribution in [0.2, 0.25) is 0 Å². The van der Waals surface area contributed by atoms with Gasteiger partial charge in [0, 0.05) is 6.04 Å². The first-order chi connectivity index (χ1) is 8.00. The van der Waals surface area contributed by atoms with E-state index in [1.807, 2.05) is 6.92 Å². The molecule has 1 rings (SSSR count). The average molecular weight is 257 g/mol. The zero-order valence-electron chi connectivity index (χ0n) is 9.91. The molecule has 1 unspecified atom stereocenters. The smallest absolute Gasteiger partial charge is 0.206 e. The molecule has 3 N–H and O–H groups in total. The van der Waals surface area contributed by atoms with Gasteiger partial charge in [0.05, 0.1) is 4.90 Å². The summed E-state index contributed by atoms with van der Waals surface area (Å²) in [5, 5.41) is 9.81. The summed E-state index contributed by atoms with van der Waals surface area (Å²) in [6.07, 6.45) is 2.23. The summed E-state index contributed by atoms with van der Waals surface area (Å²) in [7, 11) is -3.74. The molecule has 1 aromatic rings. The standard InChI is InChI=1S/C12H19NO3S/c1-2-3-9-11(13)12(14)17(15,16)10-7-5-4-6-8-10/h4-8,11-12,14H,2-3,9,13H2,1H3/t11-,12?/m0/s1. The van der Waals surface area contributed by atoms with Gasteiger partial charge >= 0.3 is 0 Å². The molecule has 0 saturated heterocycles. The summed E-state index contributed by atoms with van der Waals surface area (Å²) in [6, 6.07) is 7.16. The first kappa shape index (κ1) is 14.2. The first-order valence-electron chi connectivity index (χ1n) is 5.72. The maximum absolute atomic E-state index is 12.0. The molecule has 5 heteroatoms. The van der Waals surface area contributed by atoms with Gasteiger partial charge in [0.25, 0.3) is 0 Å². The molecular formula is C12H19NO3S. The quantitative estimate of drug-likeness (QED) is 0.805. The lowest BCUT2D eigenvalue weighted by Crippen LogP contribution is -2.40. The van der Waals surface area contributed by atoms with E-state index in [-0.39, 0.29) is 4.90 Å². The fourth-order valence-corrected chi connectivity index (χ4v) is 2.97. The molecule has 0 spiro atoms. The summed E-state index contributed by atoms with van der Waals surface area (Å²) >= 11 is 0. The largest absolute Gasteiger partial charge is 0.375 e. The van der Waals surface area contributed by atoms with Crippen LogP contribution in [0.5, 0.6) is 0 Å². The van der Waals surface area contributed by atoms with Crippen molar-refractivity contribution in [3.05, 3.63) is 30.3 Å². The van der Waals surface area contributed by atoms with Gasteiger partial charge in [-0.25, -0.2) is 8.42 Å². The number of hydrogen-bond acceptors (Lipinski definition) is 4. The number of nitrogens with two attached hydrogens (primary N) is 1. The van der Waals surface area contributed by atoms with Gasteiger partial charge in [-0.1, -0.05) is 38.0 Å². The van der Waals surface area contributed by atoms with E-state index < -0.39 is 21.3 Å². The van der Waals surface area contributed by atoms with Crippen LogP contribution in [-0.2, 0) is 9.84 Å². The van der Waals surface area contributed by atoms with Crippen LogP contribution in [0.1, 0.15) is 26.2 Å². The van der Waals surface area contributed by atoms with Crippen LogP contribution in [0.3, 0.4) is 0 Å². The highest BCUT2D eigenvalue weighted by atomic mass is 32.2. The number of rotatable bonds is 6. The zero-order valence-corrected chi connectivity index (χ0v) is 10.7. The summed E-state index contributed by atoms with van der Waals surface area (Å²) < 4.78 is 24.0. The molecule has 0 bridgehead atoms. The Kier molecular flexibility index (Phi) is 5.11. The molecule has 0 aliphatic carbocycles. The van der Waals surface area contributed by atoms with E-state index in [9.17, 15) is 13.5 Å². The van der Waals surface area contributed by atoms with Gasteiger partial charge in [-0.15, -0.1) is 0 Å². The lowest BCUT2D eigenvalue weighted by Gasteiger charge is -2.18. The van der Waals surface area contributed by atoms with Crippen molar-refractivity contribution in [2.75, 3.05) is 0 Å². The van der Waals surface area contributed by atoms with Gasteiger partial charge < -0.3 is 10.8 Å². The summed E-state index contributed by atoms with van der Waals surface area (Å²) in [5.41, 5.74) is 4.17. The minimum Gasteiger partial charge on any atom is -0.375 e. The second-order valence-electron chi connectivity index (χ2n) is 4.05. The molecule has 0 aromatic heterocycles. The van der Waals surface area contributed by atoms with E-state index in [1.165, 1.54) is 12.1 Å². The normalized spacial score (nSPS) is 15.5. The second-order valence-corrected chi connectivity index (χ2v) is 6.10. The molecule has 4 nitrogen and oxygen atoms in total. The van der Waals surface area contributed by atoms with Gasteiger partial charge in [0.15, 0.2) is 5.44 Å². The first-order valence-corrected chi connectivity index (χ1v) is 7.27. The number of benzene rings is 1. The Morgan fingerprint density at radius 3 is 2.41 bits per heavy atom. The Morgan fingerprint density at radius 1 is 1.29 bits per heavy atom. The summed E-state index contributed by atoms with van der Waals surface area (Å²) in [4.78, 5) is 0.111. The number of aliphatic hydroxyl groups is 1. The van der Waals surface area contributed by atoms with Gasteiger partial charge in [-0.2, -0.15) is 0 Å². The van der Waals surface area contributed by atoms with Gasteiger partial charge in [0.2, 0.25) is 9.84 Å². The monoisotopic (exact) mass is 257 g/mol. The van der Waals surface area contributed by atoms with Crippen molar-refractivity contribution in [3.8, 4) is 0 Å². The SMILES string of the molecule is CCCC[C@H](N)C(O)S(=O)(=O)c1ccccc1. The highest BCUT2D eigenvalue weighted by Gasteiger charge is 2.30. The number of aliphatic hydroxyl groups excluding tert-OH is 1. The minimum atomic E-state index is -3.74. The van der Waals surface area contributed by atoms with Crippen molar-refractivity contribution in [2.45, 2.75) is 42.6 Å². The van der Waals surface area contributed by atoms with E-state index >= 15 is 0 Å². The fraction of sp³-hybridized carbons (Fsp3) is 0.500. The second kappa shape index (κ2) is 6.14. The third-order valence-corrected chi connectivity index (χ3v) is 4.56. The molecule has 0 fully saturated rings. The van der Waals surface area contributed by atoms with E-state index in [1.54, 1.807) is 18.2 Å². The van der Waals surface area contributed by atoms with Crippen LogP contribution >= 0.6 is 0 Å². The predicted molar refractivity (Wildman–Crippen MR) is 67.1 cm³/mol. The molecule has 1 aromatic carbocycles. The number of sulfone groups is 1. The van der Waals surface area contributed by atoms with E-state index in [2.05, 4.69) is 0 Å². The van der Waals surface area contributed by atoms with Crippen LogP contribution in [0.25, 0.3) is 0 Å². The Hall–Kier alpha value is -0.910. The third kappa shape index (κ3) is 3.52. The Morgan fingerprint density at radius 2 is 1.88 bits per heavy atom. The third-order valence-electron chi connectivity index (χ3n) is 2.65. The van der Waals surface area contributed by atoms with E-state index in [0.717, 1.165) is 12.8 Å². The van der Waals surface area contributed by atoms with Gasteiger partial charge in [0.1, 0.15) is 0 Å². The molecule has 0 aliphatic heterocycles. The molecule has 0 aliphatic rings. The summed E-state index contributed by atoms with van der Waals surface area (Å²) in [6.45, 7) is 1.99. The molecule has 0 amide bonds. The fourth-order valence-electron chi connectivity index (χ4n) is 1.56. The molecule has 0 saturated carbocycles. The van der Waals surface area contributed by atoms with Crippen molar-refractivity contribution >= 4 is 9.84 Å². The maximum atomic E-state index is 12.0. The van der Waals surface area contributed by atoms with Crippen LogP contribution < -0.4 is 5.73 Å². The molecule has 0 heterocycles. The van der Waals surface area contributed by atoms with Crippen molar-refractivity contribution in [1.29, 1.82) is 0 Å². The van der Waals surface area contributed by atoms with Crippen molar-refractivity contribution < 1.29 is 13.5 Å². The van der Waals surface area contributed by atoms with Crippen LogP contribution in [0.4, 0.5) is 0 Å². The van der Waals surface area contributed by atoms with Crippen molar-refractivity contribution in [1.82, 2.24) is 0 Å². The number of unbranched alkanes of at least 4 members (excludes halogenated alkanes) is 1. The maximum Gasteiger partial charge on any atom is 0.206 e.